The molecular formula is C15H23N3O3. The molecule has 0 saturated heterocycles. The third-order valence-electron chi connectivity index (χ3n) is 3.19. The van der Waals surface area contributed by atoms with Crippen LogP contribution in [-0.4, -0.2) is 35.9 Å². The van der Waals surface area contributed by atoms with Crippen molar-refractivity contribution in [2.45, 2.75) is 37.8 Å². The lowest BCUT2D eigenvalue weighted by Crippen LogP contribution is -2.47. The summed E-state index contributed by atoms with van der Waals surface area (Å²) in [6.45, 7) is 0.569. The Morgan fingerprint density at radius 1 is 1.29 bits per heavy atom. The summed E-state index contributed by atoms with van der Waals surface area (Å²) in [6, 6.07) is 5.26. The summed E-state index contributed by atoms with van der Waals surface area (Å²) in [5.74, 6) is -0.189. The van der Waals surface area contributed by atoms with Crippen molar-refractivity contribution in [2.24, 2.45) is 11.5 Å². The molecule has 0 aliphatic carbocycles. The van der Waals surface area contributed by atoms with Crippen molar-refractivity contribution in [2.75, 3.05) is 6.54 Å². The van der Waals surface area contributed by atoms with E-state index in [9.17, 15) is 14.7 Å². The zero-order valence-electron chi connectivity index (χ0n) is 12.0. The van der Waals surface area contributed by atoms with Crippen LogP contribution in [0.15, 0.2) is 24.3 Å². The molecule has 6 N–H and O–H groups in total. The van der Waals surface area contributed by atoms with Gasteiger partial charge in [-0.1, -0.05) is 12.1 Å². The van der Waals surface area contributed by atoms with Gasteiger partial charge in [-0.2, -0.15) is 0 Å². The first-order valence-electron chi connectivity index (χ1n) is 7.06. The highest BCUT2D eigenvalue weighted by atomic mass is 16.3. The fraction of sp³-hybridized carbons (Fsp3) is 0.467. The lowest BCUT2D eigenvalue weighted by atomic mass is 10.0. The fourth-order valence-corrected chi connectivity index (χ4v) is 1.95. The lowest BCUT2D eigenvalue weighted by molar-refractivity contribution is -0.125. The molecule has 6 nitrogen and oxygen atoms in total. The average Bonchev–Trinajstić information content (AvgIpc) is 2.48. The second-order valence-corrected chi connectivity index (χ2v) is 5.01. The molecule has 0 spiro atoms. The highest BCUT2D eigenvalue weighted by molar-refractivity contribution is 5.84. The molecule has 116 valence electrons. The first-order valence-corrected chi connectivity index (χ1v) is 7.06. The van der Waals surface area contributed by atoms with Gasteiger partial charge in [0, 0.05) is 0 Å². The topological polar surface area (TPSA) is 118 Å². The van der Waals surface area contributed by atoms with Gasteiger partial charge in [-0.25, -0.2) is 0 Å². The van der Waals surface area contributed by atoms with E-state index < -0.39 is 12.1 Å². The number of carbonyl (C=O) groups excluding carboxylic acids is 2. The van der Waals surface area contributed by atoms with Crippen LogP contribution in [0.2, 0.25) is 0 Å². The van der Waals surface area contributed by atoms with E-state index >= 15 is 0 Å². The van der Waals surface area contributed by atoms with Crippen molar-refractivity contribution in [3.05, 3.63) is 29.8 Å². The smallest absolute Gasteiger partial charge is 0.237 e. The number of unbranched alkanes of at least 4 members (excludes halogenated alkanes) is 1. The summed E-state index contributed by atoms with van der Waals surface area (Å²) < 4.78 is 0. The van der Waals surface area contributed by atoms with E-state index in [0.29, 0.717) is 19.4 Å². The molecule has 21 heavy (non-hydrogen) atoms. The molecule has 1 rings (SSSR count). The molecule has 6 heteroatoms. The van der Waals surface area contributed by atoms with Gasteiger partial charge in [0.25, 0.3) is 0 Å². The molecule has 0 heterocycles. The maximum absolute atomic E-state index is 11.9. The number of aromatic hydroxyl groups is 1. The van der Waals surface area contributed by atoms with Crippen LogP contribution in [0.4, 0.5) is 0 Å². The molecule has 1 aromatic rings. The Morgan fingerprint density at radius 3 is 2.52 bits per heavy atom. The molecule has 0 fully saturated rings. The molecule has 0 aromatic heterocycles. The lowest BCUT2D eigenvalue weighted by Gasteiger charge is -2.16. The number of hydrogen-bond donors (Lipinski definition) is 4. The average molecular weight is 293 g/mol. The Hall–Kier alpha value is -1.92. The normalized spacial score (nSPS) is 13.4. The molecule has 2 atom stereocenters. The highest BCUT2D eigenvalue weighted by Crippen LogP contribution is 2.11. The van der Waals surface area contributed by atoms with Gasteiger partial charge in [0.15, 0.2) is 0 Å². The number of nitrogens with one attached hydrogen (secondary N) is 1. The van der Waals surface area contributed by atoms with Crippen molar-refractivity contribution in [1.29, 1.82) is 0 Å². The van der Waals surface area contributed by atoms with Gasteiger partial charge in [0.2, 0.25) is 5.91 Å². The number of benzene rings is 1. The predicted octanol–water partition coefficient (Wildman–Crippen LogP) is 0.0747. The molecular weight excluding hydrogens is 270 g/mol. The minimum absolute atomic E-state index is 0.165. The zero-order valence-corrected chi connectivity index (χ0v) is 12.0. The van der Waals surface area contributed by atoms with Crippen LogP contribution >= 0.6 is 0 Å². The maximum Gasteiger partial charge on any atom is 0.237 e. The molecule has 0 radical (unpaired) electrons. The van der Waals surface area contributed by atoms with Crippen molar-refractivity contribution in [1.82, 2.24) is 5.32 Å². The monoisotopic (exact) mass is 293 g/mol. The van der Waals surface area contributed by atoms with Crippen LogP contribution in [0.5, 0.6) is 5.75 Å². The molecule has 0 bridgehead atoms. The van der Waals surface area contributed by atoms with Gasteiger partial charge in [0.05, 0.1) is 12.1 Å². The third-order valence-corrected chi connectivity index (χ3v) is 3.19. The number of hydrogen-bond acceptors (Lipinski definition) is 5. The second kappa shape index (κ2) is 9.10. The minimum atomic E-state index is -0.730. The Labute approximate surface area is 124 Å². The van der Waals surface area contributed by atoms with E-state index in [2.05, 4.69) is 5.32 Å². The SMILES string of the molecule is NCCCC[C@H](C=O)NC(=O)[C@H](N)Cc1ccc(O)cc1. The quantitative estimate of drug-likeness (QED) is 0.380. The Bertz CT molecular complexity index is 448. The van der Waals surface area contributed by atoms with E-state index in [-0.39, 0.29) is 11.7 Å². The summed E-state index contributed by atoms with van der Waals surface area (Å²) >= 11 is 0. The van der Waals surface area contributed by atoms with Crippen molar-refractivity contribution in [3.8, 4) is 5.75 Å². The van der Waals surface area contributed by atoms with Gasteiger partial charge in [-0.15, -0.1) is 0 Å². The van der Waals surface area contributed by atoms with Gasteiger partial charge >= 0.3 is 0 Å². The molecule has 1 amide bonds. The number of rotatable bonds is 9. The molecule has 0 saturated carbocycles. The van der Waals surface area contributed by atoms with Gasteiger partial charge in [-0.3, -0.25) is 4.79 Å². The largest absolute Gasteiger partial charge is 0.508 e. The van der Waals surface area contributed by atoms with Crippen molar-refractivity contribution in [3.63, 3.8) is 0 Å². The molecule has 0 unspecified atom stereocenters. The van der Waals surface area contributed by atoms with E-state index in [4.69, 9.17) is 11.5 Å². The maximum atomic E-state index is 11.9. The molecule has 0 aliphatic heterocycles. The Balaban J connectivity index is 2.45. The first-order chi connectivity index (χ1) is 10.1. The number of amides is 1. The zero-order chi connectivity index (χ0) is 15.7. The summed E-state index contributed by atoms with van der Waals surface area (Å²) in [7, 11) is 0. The Morgan fingerprint density at radius 2 is 1.95 bits per heavy atom. The third kappa shape index (κ3) is 6.37. The minimum Gasteiger partial charge on any atom is -0.508 e. The fourth-order valence-electron chi connectivity index (χ4n) is 1.95. The Kier molecular flexibility index (Phi) is 7.42. The summed E-state index contributed by atoms with van der Waals surface area (Å²) in [5.41, 5.74) is 12.1. The number of carbonyl (C=O) groups is 2. The standard InChI is InChI=1S/C15H23N3O3/c16-8-2-1-3-12(10-19)18-15(21)14(17)9-11-4-6-13(20)7-5-11/h4-7,10,12,14,20H,1-3,8-9,16-17H2,(H,18,21)/t12-,14-/m1/s1. The predicted molar refractivity (Wildman–Crippen MR) is 80.7 cm³/mol. The second-order valence-electron chi connectivity index (χ2n) is 5.01. The van der Waals surface area contributed by atoms with Crippen molar-refractivity contribution >= 4 is 12.2 Å². The van der Waals surface area contributed by atoms with Gasteiger partial charge in [-0.05, 0) is 49.9 Å². The van der Waals surface area contributed by atoms with Gasteiger partial charge < -0.3 is 26.7 Å². The summed E-state index contributed by atoms with van der Waals surface area (Å²) in [5, 5.41) is 11.8. The summed E-state index contributed by atoms with van der Waals surface area (Å²) in [4.78, 5) is 22.9. The number of nitrogens with two attached hydrogens (primary N) is 2. The van der Waals surface area contributed by atoms with Crippen LogP contribution in [0.1, 0.15) is 24.8 Å². The van der Waals surface area contributed by atoms with Crippen LogP contribution in [0.3, 0.4) is 0 Å². The van der Waals surface area contributed by atoms with E-state index in [1.54, 1.807) is 24.3 Å². The van der Waals surface area contributed by atoms with Crippen LogP contribution < -0.4 is 16.8 Å². The number of phenolic OH excluding ortho intramolecular Hbond substituents is 1. The number of phenols is 1. The van der Waals surface area contributed by atoms with E-state index in [1.165, 1.54) is 0 Å². The van der Waals surface area contributed by atoms with Gasteiger partial charge in [0.1, 0.15) is 12.0 Å². The number of aldehydes is 1. The highest BCUT2D eigenvalue weighted by Gasteiger charge is 2.17. The first kappa shape index (κ1) is 17.1. The van der Waals surface area contributed by atoms with Crippen LogP contribution in [0.25, 0.3) is 0 Å². The summed E-state index contributed by atoms with van der Waals surface area (Å²) in [6.07, 6.45) is 3.24. The van der Waals surface area contributed by atoms with Crippen LogP contribution in [0, 0.1) is 0 Å². The van der Waals surface area contributed by atoms with Crippen LogP contribution in [-0.2, 0) is 16.0 Å². The molecule has 0 aliphatic rings. The van der Waals surface area contributed by atoms with Crippen molar-refractivity contribution < 1.29 is 14.7 Å². The molecule has 1 aromatic carbocycles. The van der Waals surface area contributed by atoms with E-state index in [1.807, 2.05) is 0 Å². The van der Waals surface area contributed by atoms with E-state index in [0.717, 1.165) is 24.7 Å².